The van der Waals surface area contributed by atoms with Crippen LogP contribution < -0.4 is 0 Å². The minimum atomic E-state index is 0.297. The first-order valence-corrected chi connectivity index (χ1v) is 4.22. The first kappa shape index (κ1) is 6.66. The van der Waals surface area contributed by atoms with E-state index in [4.69, 9.17) is 4.74 Å². The van der Waals surface area contributed by atoms with Crippen molar-refractivity contribution in [3.8, 4) is 0 Å². The van der Waals surface area contributed by atoms with Gasteiger partial charge in [-0.15, -0.1) is 0 Å². The second-order valence-electron chi connectivity index (χ2n) is 3.85. The van der Waals surface area contributed by atoms with Crippen LogP contribution in [0.1, 0.15) is 32.6 Å². The predicted octanol–water partition coefficient (Wildman–Crippen LogP) is 2.17. The van der Waals surface area contributed by atoms with E-state index in [0.29, 0.717) is 11.7 Å². The molecule has 57 valence electrons. The van der Waals surface area contributed by atoms with E-state index < -0.39 is 0 Å². The van der Waals surface area contributed by atoms with Gasteiger partial charge in [0.1, 0.15) is 0 Å². The van der Waals surface area contributed by atoms with Gasteiger partial charge in [0.15, 0.2) is 0 Å². The van der Waals surface area contributed by atoms with Gasteiger partial charge in [-0.2, -0.15) is 0 Å². The Labute approximate surface area is 62.8 Å². The van der Waals surface area contributed by atoms with Crippen LogP contribution >= 0.6 is 0 Å². The summed E-state index contributed by atoms with van der Waals surface area (Å²) in [5.74, 6) is 0.848. The van der Waals surface area contributed by atoms with Crippen molar-refractivity contribution in [3.63, 3.8) is 0 Å². The van der Waals surface area contributed by atoms with Gasteiger partial charge in [-0.1, -0.05) is 13.3 Å². The normalized spacial score (nSPS) is 52.2. The Hall–Kier alpha value is -0.0400. The molecule has 2 rings (SSSR count). The fourth-order valence-corrected chi connectivity index (χ4v) is 1.98. The molecule has 2 fully saturated rings. The maximum absolute atomic E-state index is 5.57. The summed E-state index contributed by atoms with van der Waals surface area (Å²) in [6.07, 6.45) is 5.54. The summed E-state index contributed by atoms with van der Waals surface area (Å²) in [5, 5.41) is 0. The van der Waals surface area contributed by atoms with E-state index in [1.807, 2.05) is 0 Å². The Morgan fingerprint density at radius 3 is 3.10 bits per heavy atom. The molecule has 1 aliphatic heterocycles. The molecule has 2 aliphatic rings. The van der Waals surface area contributed by atoms with Crippen molar-refractivity contribution < 1.29 is 4.74 Å². The van der Waals surface area contributed by atoms with Crippen LogP contribution in [0.2, 0.25) is 0 Å². The standard InChI is InChI=1S/C9H15O/c1-3-7-4-5-9(2)8(6-7)10-9/h7-8H,1,3-6H2,2H3. The highest BCUT2D eigenvalue weighted by atomic mass is 16.6. The van der Waals surface area contributed by atoms with Gasteiger partial charge in [0, 0.05) is 0 Å². The molecule has 0 bridgehead atoms. The summed E-state index contributed by atoms with van der Waals surface area (Å²) in [7, 11) is 0. The van der Waals surface area contributed by atoms with E-state index in [-0.39, 0.29) is 0 Å². The van der Waals surface area contributed by atoms with Gasteiger partial charge in [0.2, 0.25) is 0 Å². The van der Waals surface area contributed by atoms with Crippen LogP contribution in [0.5, 0.6) is 0 Å². The van der Waals surface area contributed by atoms with E-state index in [1.165, 1.54) is 19.3 Å². The summed E-state index contributed by atoms with van der Waals surface area (Å²) >= 11 is 0. The predicted molar refractivity (Wildman–Crippen MR) is 40.6 cm³/mol. The lowest BCUT2D eigenvalue weighted by Crippen LogP contribution is -2.20. The lowest BCUT2D eigenvalue weighted by molar-refractivity contribution is 0.301. The Balaban J connectivity index is 1.93. The van der Waals surface area contributed by atoms with Crippen molar-refractivity contribution in [2.45, 2.75) is 44.3 Å². The maximum atomic E-state index is 5.57. The van der Waals surface area contributed by atoms with E-state index in [9.17, 15) is 0 Å². The summed E-state index contributed by atoms with van der Waals surface area (Å²) in [6, 6.07) is 0. The van der Waals surface area contributed by atoms with E-state index in [0.717, 1.165) is 12.3 Å². The third kappa shape index (κ3) is 0.878. The molecule has 1 saturated carbocycles. The van der Waals surface area contributed by atoms with Crippen molar-refractivity contribution in [2.24, 2.45) is 5.92 Å². The van der Waals surface area contributed by atoms with Crippen LogP contribution in [-0.2, 0) is 4.74 Å². The zero-order valence-electron chi connectivity index (χ0n) is 6.60. The number of ether oxygens (including phenoxy) is 1. The topological polar surface area (TPSA) is 12.5 Å². The molecule has 0 aromatic carbocycles. The second kappa shape index (κ2) is 1.97. The van der Waals surface area contributed by atoms with Gasteiger partial charge in [-0.25, -0.2) is 0 Å². The number of fused-ring (bicyclic) bond motifs is 1. The van der Waals surface area contributed by atoms with Gasteiger partial charge in [0.05, 0.1) is 11.7 Å². The van der Waals surface area contributed by atoms with Gasteiger partial charge >= 0.3 is 0 Å². The average Bonchev–Trinajstić information content (AvgIpc) is 2.59. The monoisotopic (exact) mass is 139 g/mol. The molecule has 0 amide bonds. The van der Waals surface area contributed by atoms with Crippen molar-refractivity contribution in [1.29, 1.82) is 0 Å². The fraction of sp³-hybridized carbons (Fsp3) is 0.889. The number of hydrogen-bond donors (Lipinski definition) is 0. The summed E-state index contributed by atoms with van der Waals surface area (Å²) in [5.41, 5.74) is 0.297. The summed E-state index contributed by atoms with van der Waals surface area (Å²) < 4.78 is 5.57. The highest BCUT2D eigenvalue weighted by Crippen LogP contribution is 2.49. The number of hydrogen-bond acceptors (Lipinski definition) is 1. The van der Waals surface area contributed by atoms with Crippen molar-refractivity contribution in [1.82, 2.24) is 0 Å². The molecule has 0 spiro atoms. The Bertz CT molecular complexity index is 144. The first-order valence-electron chi connectivity index (χ1n) is 4.22. The molecule has 1 nitrogen and oxygen atoms in total. The van der Waals surface area contributed by atoms with Gasteiger partial charge in [-0.3, -0.25) is 0 Å². The van der Waals surface area contributed by atoms with Crippen LogP contribution in [-0.4, -0.2) is 11.7 Å². The Morgan fingerprint density at radius 1 is 1.70 bits per heavy atom. The fourth-order valence-electron chi connectivity index (χ4n) is 1.98. The van der Waals surface area contributed by atoms with Crippen LogP contribution in [0.4, 0.5) is 0 Å². The zero-order chi connectivity index (χ0) is 7.19. The largest absolute Gasteiger partial charge is 0.366 e. The van der Waals surface area contributed by atoms with E-state index in [2.05, 4.69) is 13.8 Å². The lowest BCUT2D eigenvalue weighted by atomic mass is 9.82. The second-order valence-corrected chi connectivity index (χ2v) is 3.85. The SMILES string of the molecule is [CH2]CC1CCC2(C)OC2C1. The smallest absolute Gasteiger partial charge is 0.0920 e. The molecule has 3 unspecified atom stereocenters. The van der Waals surface area contributed by atoms with E-state index >= 15 is 0 Å². The molecule has 1 heterocycles. The third-order valence-electron chi connectivity index (χ3n) is 3.04. The van der Waals surface area contributed by atoms with E-state index in [1.54, 1.807) is 0 Å². The Kier molecular flexibility index (Phi) is 1.31. The van der Waals surface area contributed by atoms with Crippen LogP contribution in [0.25, 0.3) is 0 Å². The molecular formula is C9H15O. The van der Waals surface area contributed by atoms with Crippen molar-refractivity contribution >= 4 is 0 Å². The van der Waals surface area contributed by atoms with Crippen molar-refractivity contribution in [3.05, 3.63) is 6.92 Å². The molecule has 0 aromatic heterocycles. The van der Waals surface area contributed by atoms with Gasteiger partial charge < -0.3 is 4.74 Å². The average molecular weight is 139 g/mol. The number of epoxide rings is 1. The maximum Gasteiger partial charge on any atom is 0.0920 e. The molecule has 1 aliphatic carbocycles. The molecule has 1 saturated heterocycles. The third-order valence-corrected chi connectivity index (χ3v) is 3.04. The first-order chi connectivity index (χ1) is 4.74. The molecule has 1 radical (unpaired) electrons. The lowest BCUT2D eigenvalue weighted by Gasteiger charge is -2.20. The summed E-state index contributed by atoms with van der Waals surface area (Å²) in [4.78, 5) is 0. The molecule has 10 heavy (non-hydrogen) atoms. The van der Waals surface area contributed by atoms with Crippen molar-refractivity contribution in [2.75, 3.05) is 0 Å². The van der Waals surface area contributed by atoms with Gasteiger partial charge in [-0.05, 0) is 32.1 Å². The minimum absolute atomic E-state index is 0.297. The summed E-state index contributed by atoms with van der Waals surface area (Å²) in [6.45, 7) is 6.16. The van der Waals surface area contributed by atoms with Crippen LogP contribution in [0.15, 0.2) is 0 Å². The highest BCUT2D eigenvalue weighted by molar-refractivity contribution is 5.03. The highest BCUT2D eigenvalue weighted by Gasteiger charge is 2.54. The van der Waals surface area contributed by atoms with Crippen LogP contribution in [0, 0.1) is 12.8 Å². The molecule has 3 atom stereocenters. The molecule has 0 N–H and O–H groups in total. The molecule has 1 heteroatoms. The zero-order valence-corrected chi connectivity index (χ0v) is 6.60. The molecular weight excluding hydrogens is 124 g/mol. The number of rotatable bonds is 1. The molecule has 0 aromatic rings. The minimum Gasteiger partial charge on any atom is -0.366 e. The Morgan fingerprint density at radius 2 is 2.50 bits per heavy atom. The quantitative estimate of drug-likeness (QED) is 0.507. The van der Waals surface area contributed by atoms with Crippen LogP contribution in [0.3, 0.4) is 0 Å². The van der Waals surface area contributed by atoms with Gasteiger partial charge in [0.25, 0.3) is 0 Å².